The smallest absolute Gasteiger partial charge is 0.216 e. The summed E-state index contributed by atoms with van der Waals surface area (Å²) in [5.74, 6) is -0.125. The van der Waals surface area contributed by atoms with Crippen molar-refractivity contribution in [2.45, 2.75) is 62.3 Å². The van der Waals surface area contributed by atoms with Gasteiger partial charge in [0.25, 0.3) is 0 Å². The number of aliphatic hydroxyl groups excluding tert-OH is 2. The molecular weight excluding hydrogens is 1360 g/mol. The van der Waals surface area contributed by atoms with Crippen LogP contribution in [0.25, 0.3) is 108 Å². The van der Waals surface area contributed by atoms with Gasteiger partial charge in [-0.2, -0.15) is 0 Å². The van der Waals surface area contributed by atoms with Crippen molar-refractivity contribution in [3.63, 3.8) is 0 Å². The summed E-state index contributed by atoms with van der Waals surface area (Å²) < 4.78 is 14.6. The molecule has 8 aromatic heterocycles. The summed E-state index contributed by atoms with van der Waals surface area (Å²) in [6.45, 7) is 16.1. The maximum atomic E-state index is 10.0. The Kier molecular flexibility index (Phi) is 18.5. The molecule has 0 unspecified atom stereocenters. The number of nitrogens with zero attached hydrogens (tertiary/aromatic N) is 4. The summed E-state index contributed by atoms with van der Waals surface area (Å²) in [4.78, 5) is 41.1. The number of rotatable bonds is 6. The summed E-state index contributed by atoms with van der Waals surface area (Å²) in [5.41, 5.74) is 14.6. The Hall–Kier alpha value is -7.28. The average molecular weight is 1410 g/mol. The molecule has 0 saturated carbocycles. The van der Waals surface area contributed by atoms with Crippen LogP contribution in [0.2, 0.25) is 0 Å². The van der Waals surface area contributed by atoms with Crippen LogP contribution in [0.5, 0.6) is 0 Å². The van der Waals surface area contributed by atoms with E-state index in [0.29, 0.717) is 11.4 Å². The molecule has 0 amide bonds. The van der Waals surface area contributed by atoms with E-state index in [2.05, 4.69) is 122 Å². The van der Waals surface area contributed by atoms with Crippen molar-refractivity contribution < 1.29 is 68.8 Å². The number of aromatic nitrogens is 4. The van der Waals surface area contributed by atoms with Gasteiger partial charge in [-0.3, -0.25) is 9.59 Å². The standard InChI is InChI=1S/C27H19N2OS.C26H17N2OS.2C5H8O2.2Ir/c1-15-6-4-7-16(2)25(15)23-13-18-12-22(28-14-24(18)31-23)21-9-5-8-19-20-11-10-17(3)29-27(20)30-26(19)21;1-15-6-9-17(10-7-15)23-13-18-12-22(27-14-24(18)30-23)21-5-3-4-19-20-11-8-16(2)28-26(20)29-25(19)21;2*1-4(6)3-5(2)7;;/h4-8,10-14H,1-3H3;3-4,6-14H,1-2H3;2*3,6H,1-2H3;;/q2*-1;;;;. The number of thiophene rings is 2. The van der Waals surface area contributed by atoms with E-state index in [4.69, 9.17) is 29.0 Å². The van der Waals surface area contributed by atoms with Gasteiger partial charge in [0.05, 0.1) is 32.1 Å². The first-order chi connectivity index (χ1) is 36.0. The maximum absolute atomic E-state index is 10.0. The van der Waals surface area contributed by atoms with Crippen LogP contribution in [0.3, 0.4) is 0 Å². The second kappa shape index (κ2) is 24.8. The van der Waals surface area contributed by atoms with Crippen molar-refractivity contribution in [2.75, 3.05) is 0 Å². The molecule has 77 heavy (non-hydrogen) atoms. The third-order valence-electron chi connectivity index (χ3n) is 12.1. The number of hydrogen-bond donors (Lipinski definition) is 2. The maximum Gasteiger partial charge on any atom is 0.216 e. The first-order valence-corrected chi connectivity index (χ1v) is 25.7. The molecule has 0 atom stereocenters. The van der Waals surface area contributed by atoms with Crippen molar-refractivity contribution in [3.8, 4) is 43.4 Å². The van der Waals surface area contributed by atoms with Crippen LogP contribution in [0.4, 0.5) is 0 Å². The Morgan fingerprint density at radius 3 is 1.42 bits per heavy atom. The van der Waals surface area contributed by atoms with Crippen LogP contribution < -0.4 is 0 Å². The first kappa shape index (κ1) is 57.4. The van der Waals surface area contributed by atoms with Crippen LogP contribution in [0, 0.1) is 46.8 Å². The molecule has 0 saturated heterocycles. The molecule has 0 fully saturated rings. The minimum absolute atomic E-state index is 0. The number of aryl methyl sites for hydroxylation is 5. The number of furan rings is 2. The number of aliphatic hydroxyl groups is 2. The van der Waals surface area contributed by atoms with E-state index < -0.39 is 0 Å². The van der Waals surface area contributed by atoms with Crippen LogP contribution in [-0.2, 0) is 49.8 Å². The number of ketones is 2. The monoisotopic (exact) mass is 1410 g/mol. The predicted molar refractivity (Wildman–Crippen MR) is 307 cm³/mol. The van der Waals surface area contributed by atoms with Gasteiger partial charge in [-0.05, 0) is 143 Å². The first-order valence-electron chi connectivity index (χ1n) is 24.1. The number of benzene rings is 4. The number of carbonyl (C=O) groups is 2. The minimum atomic E-state index is -0.125. The summed E-state index contributed by atoms with van der Waals surface area (Å²) in [7, 11) is 0. The van der Waals surface area contributed by atoms with Crippen molar-refractivity contribution in [1.29, 1.82) is 0 Å². The van der Waals surface area contributed by atoms with Gasteiger partial charge in [-0.25, -0.2) is 9.97 Å². The summed E-state index contributed by atoms with van der Waals surface area (Å²) in [5, 5.41) is 23.2. The fourth-order valence-corrected chi connectivity index (χ4v) is 11.0. The molecule has 4 aromatic carbocycles. The molecule has 0 aliphatic carbocycles. The van der Waals surface area contributed by atoms with Crippen molar-refractivity contribution in [1.82, 2.24) is 19.9 Å². The zero-order valence-corrected chi connectivity index (χ0v) is 50.0. The summed E-state index contributed by atoms with van der Waals surface area (Å²) in [6, 6.07) is 46.6. The van der Waals surface area contributed by atoms with Gasteiger partial charge >= 0.3 is 0 Å². The number of allylic oxidation sites excluding steroid dienone is 4. The van der Waals surface area contributed by atoms with Gasteiger partial charge < -0.3 is 29.0 Å². The van der Waals surface area contributed by atoms with E-state index in [0.717, 1.165) is 66.6 Å². The van der Waals surface area contributed by atoms with Crippen molar-refractivity contribution in [3.05, 3.63) is 192 Å². The molecule has 2 N–H and O–H groups in total. The second-order valence-corrected chi connectivity index (χ2v) is 20.5. The topological polar surface area (TPSA) is 152 Å². The van der Waals surface area contributed by atoms with Crippen molar-refractivity contribution >= 4 is 98.6 Å². The fraction of sp³-hybridized carbons (Fsp3) is 0.143. The Labute approximate surface area is 481 Å². The minimum Gasteiger partial charge on any atom is -0.512 e. The van der Waals surface area contributed by atoms with Gasteiger partial charge in [0.15, 0.2) is 11.6 Å². The quantitative estimate of drug-likeness (QED) is 0.0935. The zero-order valence-electron chi connectivity index (χ0n) is 43.6. The van der Waals surface area contributed by atoms with Crippen LogP contribution in [0.1, 0.15) is 55.8 Å². The number of pyridine rings is 4. The molecule has 0 spiro atoms. The predicted octanol–water partition coefficient (Wildman–Crippen LogP) is 17.1. The normalized spacial score (nSPS) is 11.3. The van der Waals surface area contributed by atoms with E-state index in [1.54, 1.807) is 22.7 Å². The molecule has 392 valence electrons. The molecular formula is C63H52Ir2N4O6S2-2. The average Bonchev–Trinajstić information content (AvgIpc) is 4.16. The third-order valence-corrected chi connectivity index (χ3v) is 14.3. The molecule has 2 radical (unpaired) electrons. The number of fused-ring (bicyclic) bond motifs is 8. The largest absolute Gasteiger partial charge is 0.512 e. The SMILES string of the molecule is CC(=O)C=C(C)O.CC(=O)C=C(C)O.Cc1ccc(-c2cc3cc(-c4[c-]ccc5c4oc4nc(C)ccc45)ncc3s2)cc1.Cc1ccc2c(n1)oc1c(-c3cc4cc(-c5c(C)cccc5C)sc4cn3)[c-]ccc12.[Ir].[Ir]. The van der Waals surface area contributed by atoms with Gasteiger partial charge in [-0.15, -0.1) is 59.1 Å². The summed E-state index contributed by atoms with van der Waals surface area (Å²) in [6.07, 6.45) is 6.24. The van der Waals surface area contributed by atoms with Crippen LogP contribution in [0.15, 0.2) is 160 Å². The molecule has 12 rings (SSSR count). The molecule has 14 heteroatoms. The van der Waals surface area contributed by atoms with Crippen LogP contribution >= 0.6 is 22.7 Å². The van der Waals surface area contributed by atoms with Gasteiger partial charge in [0, 0.05) is 96.7 Å². The van der Waals surface area contributed by atoms with Crippen LogP contribution in [-0.4, -0.2) is 41.7 Å². The van der Waals surface area contributed by atoms with E-state index in [-0.39, 0.29) is 63.3 Å². The fourth-order valence-electron chi connectivity index (χ4n) is 8.75. The van der Waals surface area contributed by atoms with Gasteiger partial charge in [-0.1, -0.05) is 82.1 Å². The molecule has 10 nitrogen and oxygen atoms in total. The van der Waals surface area contributed by atoms with E-state index in [9.17, 15) is 9.59 Å². The molecule has 12 aromatic rings. The van der Waals surface area contributed by atoms with E-state index in [1.807, 2.05) is 62.6 Å². The van der Waals surface area contributed by atoms with Crippen molar-refractivity contribution in [2.24, 2.45) is 0 Å². The van der Waals surface area contributed by atoms with Gasteiger partial charge in [0.2, 0.25) is 11.4 Å². The van der Waals surface area contributed by atoms with E-state index >= 15 is 0 Å². The second-order valence-electron chi connectivity index (χ2n) is 18.4. The Morgan fingerprint density at radius 2 is 0.987 bits per heavy atom. The number of carbonyl (C=O) groups excluding carboxylic acids is 2. The molecule has 8 heterocycles. The Morgan fingerprint density at radius 1 is 0.545 bits per heavy atom. The molecule has 0 bridgehead atoms. The zero-order chi connectivity index (χ0) is 53.1. The Balaban J connectivity index is 0.000000176. The third kappa shape index (κ3) is 13.1. The summed E-state index contributed by atoms with van der Waals surface area (Å²) >= 11 is 3.55. The molecule has 0 aliphatic heterocycles. The Bertz CT molecular complexity index is 4150. The van der Waals surface area contributed by atoms with Gasteiger partial charge in [0.1, 0.15) is 0 Å². The van der Waals surface area contributed by atoms with E-state index in [1.165, 1.54) is 97.6 Å². The number of hydrogen-bond acceptors (Lipinski definition) is 12. The molecule has 0 aliphatic rings.